The van der Waals surface area contributed by atoms with Crippen molar-refractivity contribution < 1.29 is 26.8 Å². The van der Waals surface area contributed by atoms with Crippen LogP contribution in [-0.2, 0) is 40.5 Å². The molecule has 0 radical (unpaired) electrons. The Balaban J connectivity index is 0.000000251. The van der Waals surface area contributed by atoms with Gasteiger partial charge in [-0.2, -0.15) is 4.31 Å². The van der Waals surface area contributed by atoms with Gasteiger partial charge in [0.15, 0.2) is 0 Å². The van der Waals surface area contributed by atoms with Crippen LogP contribution in [0.3, 0.4) is 0 Å². The Labute approximate surface area is 358 Å². The Morgan fingerprint density at radius 2 is 1.28 bits per heavy atom. The van der Waals surface area contributed by atoms with Crippen molar-refractivity contribution in [3.05, 3.63) is 148 Å². The minimum atomic E-state index is -3.88. The monoisotopic (exact) mass is 866 g/mol. The second-order valence-electron chi connectivity index (χ2n) is 13.3. The molecule has 312 valence electrons. The standard InChI is InChI=1S/C25H29NO4S.C19H21Cl2NO2S.C2H6/c1-4-29-23-17-25(24(30-5-2)16-20(23)3)31(27,28)26(18-21-12-8-6-9-13-21)19-22-14-10-7-11-15-22;1-24-17-7-2-14(3-8-17)13-22(16-5-6-16)10-11-25(23)19-12-15(20)4-9-18(19)21;1-2/h6-17H,4-5,18-19H2,1-3H3;2-4,7-9,12,16H,5-6,10-11,13H2,1H3;1-2H3. The van der Waals surface area contributed by atoms with Crippen molar-refractivity contribution in [2.24, 2.45) is 0 Å². The van der Waals surface area contributed by atoms with Crippen LogP contribution >= 0.6 is 23.2 Å². The van der Waals surface area contributed by atoms with E-state index < -0.39 is 20.8 Å². The Hall–Kier alpha value is -3.90. The number of benzene rings is 5. The molecule has 0 aromatic heterocycles. The summed E-state index contributed by atoms with van der Waals surface area (Å²) in [4.78, 5) is 3.14. The lowest BCUT2D eigenvalue weighted by atomic mass is 10.2. The zero-order chi connectivity index (χ0) is 42.1. The summed E-state index contributed by atoms with van der Waals surface area (Å²) in [6, 6.07) is 36.3. The molecule has 5 aromatic carbocycles. The lowest BCUT2D eigenvalue weighted by Crippen LogP contribution is -2.30. The van der Waals surface area contributed by atoms with E-state index in [4.69, 9.17) is 37.4 Å². The number of hydrogen-bond acceptors (Lipinski definition) is 7. The predicted molar refractivity (Wildman–Crippen MR) is 238 cm³/mol. The van der Waals surface area contributed by atoms with Crippen molar-refractivity contribution in [3.63, 3.8) is 0 Å². The number of nitrogens with zero attached hydrogens (tertiary/aromatic N) is 2. The first kappa shape index (κ1) is 46.8. The van der Waals surface area contributed by atoms with Crippen molar-refractivity contribution in [2.45, 2.75) is 82.9 Å². The number of aryl methyl sites for hydroxylation is 1. The van der Waals surface area contributed by atoms with Gasteiger partial charge in [0, 0.05) is 49.1 Å². The van der Waals surface area contributed by atoms with Crippen molar-refractivity contribution in [3.8, 4) is 17.2 Å². The topological polar surface area (TPSA) is 85.4 Å². The van der Waals surface area contributed by atoms with E-state index in [1.54, 1.807) is 37.4 Å². The number of rotatable bonds is 18. The zero-order valence-corrected chi connectivity index (χ0v) is 37.5. The van der Waals surface area contributed by atoms with Gasteiger partial charge in [-0.05, 0) is 92.3 Å². The summed E-state index contributed by atoms with van der Waals surface area (Å²) in [5.41, 5.74) is 3.90. The van der Waals surface area contributed by atoms with Crippen LogP contribution in [-0.4, -0.2) is 60.5 Å². The fourth-order valence-corrected chi connectivity index (χ4v) is 9.44. The van der Waals surface area contributed by atoms with Gasteiger partial charge in [0.05, 0.1) is 41.0 Å². The maximum absolute atomic E-state index is 13.9. The van der Waals surface area contributed by atoms with Crippen LogP contribution < -0.4 is 14.2 Å². The Kier molecular flexibility index (Phi) is 19.1. The van der Waals surface area contributed by atoms with Gasteiger partial charge in [-0.15, -0.1) is 0 Å². The molecule has 0 N–H and O–H groups in total. The molecular formula is C46H56Cl2N2O6S2. The minimum Gasteiger partial charge on any atom is -0.497 e. The van der Waals surface area contributed by atoms with Crippen LogP contribution in [0.1, 0.15) is 62.8 Å². The molecule has 0 amide bonds. The summed E-state index contributed by atoms with van der Waals surface area (Å²) in [6.45, 7) is 12.5. The second-order valence-corrected chi connectivity index (χ2v) is 17.6. The molecular weight excluding hydrogens is 812 g/mol. The highest BCUT2D eigenvalue weighted by molar-refractivity contribution is 7.89. The van der Waals surface area contributed by atoms with Gasteiger partial charge in [0.25, 0.3) is 0 Å². The summed E-state index contributed by atoms with van der Waals surface area (Å²) >= 11 is 12.2. The summed E-state index contributed by atoms with van der Waals surface area (Å²) in [5.74, 6) is 2.30. The summed E-state index contributed by atoms with van der Waals surface area (Å²) in [6.07, 6.45) is 2.42. The quantitative estimate of drug-likeness (QED) is 0.0867. The largest absolute Gasteiger partial charge is 0.497 e. The number of hydrogen-bond donors (Lipinski definition) is 0. The highest BCUT2D eigenvalue weighted by Crippen LogP contribution is 2.35. The van der Waals surface area contributed by atoms with Gasteiger partial charge in [0.1, 0.15) is 22.1 Å². The number of sulfonamides is 1. The molecule has 1 atom stereocenters. The summed E-state index contributed by atoms with van der Waals surface area (Å²) in [7, 11) is -3.37. The third-order valence-electron chi connectivity index (χ3n) is 9.17. The third kappa shape index (κ3) is 13.9. The highest BCUT2D eigenvalue weighted by Gasteiger charge is 2.31. The molecule has 1 saturated carbocycles. The Morgan fingerprint density at radius 3 is 1.81 bits per heavy atom. The average Bonchev–Trinajstić information content (AvgIpc) is 4.09. The van der Waals surface area contributed by atoms with E-state index >= 15 is 0 Å². The van der Waals surface area contributed by atoms with Crippen molar-refractivity contribution in [1.29, 1.82) is 0 Å². The first-order valence-corrected chi connectivity index (χ1v) is 23.2. The molecule has 58 heavy (non-hydrogen) atoms. The maximum atomic E-state index is 13.9. The summed E-state index contributed by atoms with van der Waals surface area (Å²) < 4.78 is 58.5. The number of halogens is 2. The molecule has 12 heteroatoms. The van der Waals surface area contributed by atoms with Crippen molar-refractivity contribution in [2.75, 3.05) is 32.6 Å². The molecule has 0 spiro atoms. The minimum absolute atomic E-state index is 0.121. The normalized spacial score (nSPS) is 12.9. The molecule has 8 nitrogen and oxygen atoms in total. The van der Waals surface area contributed by atoms with E-state index in [-0.39, 0.29) is 18.0 Å². The van der Waals surface area contributed by atoms with Gasteiger partial charge < -0.3 is 14.2 Å². The van der Waals surface area contributed by atoms with Crippen LogP contribution in [0.4, 0.5) is 0 Å². The third-order valence-corrected chi connectivity index (χ3v) is 13.0. The molecule has 6 rings (SSSR count). The lowest BCUT2D eigenvalue weighted by molar-refractivity contribution is 0.271. The molecule has 1 aliphatic carbocycles. The first-order chi connectivity index (χ1) is 28.0. The van der Waals surface area contributed by atoms with Crippen LogP contribution in [0.15, 0.2) is 125 Å². The Morgan fingerprint density at radius 1 is 0.724 bits per heavy atom. The van der Waals surface area contributed by atoms with E-state index in [2.05, 4.69) is 17.0 Å². The van der Waals surface area contributed by atoms with Crippen LogP contribution in [0.25, 0.3) is 0 Å². The van der Waals surface area contributed by atoms with Gasteiger partial charge in [-0.3, -0.25) is 9.11 Å². The van der Waals surface area contributed by atoms with Crippen molar-refractivity contribution in [1.82, 2.24) is 9.21 Å². The van der Waals surface area contributed by atoms with E-state index in [9.17, 15) is 12.6 Å². The van der Waals surface area contributed by atoms with Gasteiger partial charge >= 0.3 is 0 Å². The Bertz CT molecular complexity index is 2090. The van der Waals surface area contributed by atoms with Crippen molar-refractivity contribution >= 4 is 44.0 Å². The van der Waals surface area contributed by atoms with E-state index in [0.29, 0.717) is 51.4 Å². The molecule has 0 heterocycles. The molecule has 1 fully saturated rings. The van der Waals surface area contributed by atoms with Gasteiger partial charge in [-0.25, -0.2) is 8.42 Å². The molecule has 0 aliphatic heterocycles. The second kappa shape index (κ2) is 23.6. The first-order valence-electron chi connectivity index (χ1n) is 19.7. The van der Waals surface area contributed by atoms with E-state index in [1.165, 1.54) is 22.7 Å². The van der Waals surface area contributed by atoms with Gasteiger partial charge in [-0.1, -0.05) is 110 Å². The zero-order valence-electron chi connectivity index (χ0n) is 34.3. The summed E-state index contributed by atoms with van der Waals surface area (Å²) in [5, 5.41) is 1.07. The van der Waals surface area contributed by atoms with Crippen LogP contribution in [0, 0.1) is 6.92 Å². The van der Waals surface area contributed by atoms with Gasteiger partial charge in [0.2, 0.25) is 10.0 Å². The smallest absolute Gasteiger partial charge is 0.247 e. The lowest BCUT2D eigenvalue weighted by Gasteiger charge is -2.24. The van der Waals surface area contributed by atoms with Crippen LogP contribution in [0.2, 0.25) is 10.0 Å². The SMILES string of the molecule is CC.CCOc1cc(S(=O)(=O)N(Cc2ccccc2)Cc2ccccc2)c(OCC)cc1C.COc1ccc(CN(CCS(=O)c2cc(Cl)ccc2Cl)C2CC2)cc1. The maximum Gasteiger partial charge on any atom is 0.247 e. The molecule has 0 bridgehead atoms. The average molecular weight is 868 g/mol. The van der Waals surface area contributed by atoms with E-state index in [1.807, 2.05) is 107 Å². The number of methoxy groups -OCH3 is 1. The van der Waals surface area contributed by atoms with Crippen LogP contribution in [0.5, 0.6) is 17.2 Å². The fraction of sp³-hybridized carbons (Fsp3) is 0.348. The molecule has 0 saturated heterocycles. The number of ether oxygens (including phenoxy) is 3. The fourth-order valence-electron chi connectivity index (χ4n) is 6.12. The molecule has 5 aromatic rings. The molecule has 1 unspecified atom stereocenters. The predicted octanol–water partition coefficient (Wildman–Crippen LogP) is 11.0. The highest BCUT2D eigenvalue weighted by atomic mass is 35.5. The van der Waals surface area contributed by atoms with E-state index in [0.717, 1.165) is 35.5 Å². The molecule has 1 aliphatic rings.